The van der Waals surface area contributed by atoms with Crippen molar-refractivity contribution in [2.75, 3.05) is 41.7 Å². The molecule has 22 nitrogen and oxygen atoms in total. The third-order valence-corrected chi connectivity index (χ3v) is 24.8. The zero-order chi connectivity index (χ0) is 73.0. The maximum absolute atomic E-state index is 15.0. The molecule has 4 saturated carbocycles. The molecule has 22 heteroatoms. The van der Waals surface area contributed by atoms with Crippen molar-refractivity contribution in [1.82, 2.24) is 10.6 Å². The lowest BCUT2D eigenvalue weighted by Crippen LogP contribution is -2.75. The van der Waals surface area contributed by atoms with Gasteiger partial charge >= 0.3 is 24.1 Å². The molecule has 10 rings (SSSR count). The predicted molar refractivity (Wildman–Crippen MR) is 361 cm³/mol. The molecule has 0 radical (unpaired) electrons. The van der Waals surface area contributed by atoms with E-state index in [0.29, 0.717) is 59.5 Å². The van der Waals surface area contributed by atoms with Gasteiger partial charge in [0.15, 0.2) is 23.8 Å². The Morgan fingerprint density at radius 1 is 0.531 bits per heavy atom. The van der Waals surface area contributed by atoms with E-state index in [9.17, 15) is 49.2 Å². The molecule has 2 aromatic rings. The Kier molecular flexibility index (Phi) is 21.0. The fourth-order valence-corrected chi connectivity index (χ4v) is 19.7. The second-order valence-electron chi connectivity index (χ2n) is 33.1. The highest BCUT2D eigenvalue weighted by Crippen LogP contribution is 2.70. The fraction of sp³-hybridized carbons (Fsp3) is 0.711. The molecule has 22 unspecified atom stereocenters. The Labute approximate surface area is 578 Å². The van der Waals surface area contributed by atoms with E-state index in [-0.39, 0.29) is 48.5 Å². The number of ether oxygens (including phenoxy) is 10. The molecule has 0 aromatic heterocycles. The SMILES string of the molecule is COC1C(=O)C2(C)C(OC)CC3OCC3(C)C2C(C)C2(O)CC(OC(=O)C(O)C(NC(=O)OC(C)(C)C)c3ccccc3)C(C)=C1C2(C)C.COC1C(=O)C2(C)C(OC)CC3OCC3(C)C2C(C)C2(O)CC(OC(=O)C(O)C(NC(=O)OC(C)(C)C)c3ccccc3)C(C)=C1C2(C)C. The van der Waals surface area contributed by atoms with E-state index in [1.54, 1.807) is 130 Å². The van der Waals surface area contributed by atoms with E-state index in [1.807, 2.05) is 55.4 Å². The summed E-state index contributed by atoms with van der Waals surface area (Å²) in [5.74, 6) is -3.99. The average molecular weight is 1370 g/mol. The minimum Gasteiger partial charge on any atom is -0.456 e. The standard InChI is InChI=1S/2C38H55NO10/c2*1-20-23(48-32(42)28(40)27(22-15-13-12-14-16-22)39-33(43)49-34(3,4)5)18-38(44)21(2)30-36(8)19-47-24(36)17-25(45-10)37(30,9)31(41)29(46-11)26(20)35(38,6)7/h2*12-16,21,23-25,27-30,40,44H,17-19H2,1-11H3,(H,39,43). The summed E-state index contributed by atoms with van der Waals surface area (Å²) in [5.41, 5.74) is -6.27. The summed E-state index contributed by atoms with van der Waals surface area (Å²) in [6.45, 7) is 34.5. The lowest BCUT2D eigenvalue weighted by atomic mass is 9.40. The van der Waals surface area contributed by atoms with Crippen LogP contribution in [0.1, 0.15) is 174 Å². The molecule has 2 aliphatic heterocycles. The van der Waals surface area contributed by atoms with Crippen LogP contribution in [0.25, 0.3) is 0 Å². The first-order chi connectivity index (χ1) is 45.4. The van der Waals surface area contributed by atoms with Gasteiger partial charge in [0.05, 0.1) is 71.7 Å². The second-order valence-corrected chi connectivity index (χ2v) is 33.1. The molecular formula is C76H110N2O20. The number of nitrogens with one attached hydrogen (secondary N) is 2. The summed E-state index contributed by atoms with van der Waals surface area (Å²) in [5, 5.41) is 54.4. The molecule has 8 aliphatic rings. The third-order valence-electron chi connectivity index (χ3n) is 24.8. The van der Waals surface area contributed by atoms with Gasteiger partial charge in [0, 0.05) is 75.8 Å². The summed E-state index contributed by atoms with van der Waals surface area (Å²) in [6.07, 6.45) is -9.49. The molecule has 2 heterocycles. The Balaban J connectivity index is 0.000000229. The lowest BCUT2D eigenvalue weighted by Gasteiger charge is -2.69. The van der Waals surface area contributed by atoms with Gasteiger partial charge in [0.25, 0.3) is 0 Å². The summed E-state index contributed by atoms with van der Waals surface area (Å²) >= 11 is 0. The van der Waals surface area contributed by atoms with E-state index >= 15 is 0 Å². The Morgan fingerprint density at radius 3 is 1.11 bits per heavy atom. The van der Waals surface area contributed by atoms with Crippen molar-refractivity contribution in [3.8, 4) is 0 Å². The van der Waals surface area contributed by atoms with Crippen LogP contribution in [0, 0.1) is 56.2 Å². The van der Waals surface area contributed by atoms with Gasteiger partial charge in [-0.05, 0) is 126 Å². The lowest BCUT2D eigenvalue weighted by molar-refractivity contribution is -0.305. The van der Waals surface area contributed by atoms with Gasteiger partial charge in [-0.2, -0.15) is 0 Å². The number of amides is 2. The minimum atomic E-state index is -1.82. The second kappa shape index (κ2) is 26.9. The molecule has 22 atom stereocenters. The van der Waals surface area contributed by atoms with E-state index in [1.165, 1.54) is 14.2 Å². The Morgan fingerprint density at radius 2 is 0.847 bits per heavy atom. The zero-order valence-corrected chi connectivity index (χ0v) is 61.6. The smallest absolute Gasteiger partial charge is 0.408 e. The minimum absolute atomic E-state index is 0.0148. The van der Waals surface area contributed by atoms with Crippen LogP contribution in [-0.4, -0.2) is 181 Å². The van der Waals surface area contributed by atoms with Crippen LogP contribution in [0.4, 0.5) is 9.59 Å². The maximum Gasteiger partial charge on any atom is 0.408 e. The molecule has 2 amide bonds. The predicted octanol–water partition coefficient (Wildman–Crippen LogP) is 9.37. The van der Waals surface area contributed by atoms with Crippen molar-refractivity contribution in [1.29, 1.82) is 0 Å². The number of carbonyl (C=O) groups is 6. The Bertz CT molecular complexity index is 3190. The van der Waals surface area contributed by atoms with Crippen molar-refractivity contribution in [2.45, 2.75) is 246 Å². The van der Waals surface area contributed by atoms with Crippen LogP contribution < -0.4 is 10.6 Å². The van der Waals surface area contributed by atoms with Crippen LogP contribution in [0.15, 0.2) is 83.0 Å². The quantitative estimate of drug-likeness (QED) is 0.0583. The Hall–Kier alpha value is -5.66. The van der Waals surface area contributed by atoms with Crippen LogP contribution in [0.5, 0.6) is 0 Å². The first kappa shape index (κ1) is 76.5. The molecule has 2 aromatic carbocycles. The number of rotatable bonds is 14. The highest BCUT2D eigenvalue weighted by Gasteiger charge is 2.76. The zero-order valence-electron chi connectivity index (χ0n) is 61.6. The number of alkyl carbamates (subject to hydrolysis) is 2. The van der Waals surface area contributed by atoms with E-state index in [2.05, 4.69) is 24.5 Å². The molecule has 544 valence electrons. The first-order valence-electron chi connectivity index (χ1n) is 34.5. The molecule has 2 saturated heterocycles. The number of hydrogen-bond donors (Lipinski definition) is 6. The van der Waals surface area contributed by atoms with Crippen LogP contribution >= 0.6 is 0 Å². The van der Waals surface area contributed by atoms with Crippen molar-refractivity contribution >= 4 is 35.7 Å². The van der Waals surface area contributed by atoms with E-state index in [0.717, 1.165) is 0 Å². The molecule has 0 spiro atoms. The molecule has 98 heavy (non-hydrogen) atoms. The highest BCUT2D eigenvalue weighted by molar-refractivity contribution is 5.94. The highest BCUT2D eigenvalue weighted by atomic mass is 16.6. The first-order valence-corrected chi connectivity index (χ1v) is 34.5. The molecule has 6 aliphatic carbocycles. The van der Waals surface area contributed by atoms with Gasteiger partial charge in [-0.1, -0.05) is 116 Å². The summed E-state index contributed by atoms with van der Waals surface area (Å²) in [7, 11) is 6.18. The number of carbonyl (C=O) groups excluding carboxylic acids is 6. The fourth-order valence-electron chi connectivity index (χ4n) is 19.7. The van der Waals surface area contributed by atoms with Gasteiger partial charge in [-0.3, -0.25) is 9.59 Å². The van der Waals surface area contributed by atoms with Gasteiger partial charge in [0.2, 0.25) is 0 Å². The van der Waals surface area contributed by atoms with Crippen LogP contribution in [0.2, 0.25) is 0 Å². The van der Waals surface area contributed by atoms with Crippen molar-refractivity contribution < 1.29 is 96.6 Å². The summed E-state index contributed by atoms with van der Waals surface area (Å²) in [4.78, 5) is 83.4. The van der Waals surface area contributed by atoms with Crippen molar-refractivity contribution in [3.63, 3.8) is 0 Å². The number of methoxy groups -OCH3 is 4. The number of esters is 2. The molecular weight excluding hydrogens is 1260 g/mol. The molecule has 6 fully saturated rings. The maximum atomic E-state index is 15.0. The van der Waals surface area contributed by atoms with Crippen molar-refractivity contribution in [3.05, 3.63) is 94.1 Å². The number of benzene rings is 2. The number of hydrogen-bond acceptors (Lipinski definition) is 20. The monoisotopic (exact) mass is 1370 g/mol. The number of fused-ring (bicyclic) bond motifs is 10. The average Bonchev–Trinajstić information content (AvgIpc) is 0.680. The van der Waals surface area contributed by atoms with Crippen molar-refractivity contribution in [2.24, 2.45) is 56.2 Å². The normalized spacial score (nSPS) is 38.1. The van der Waals surface area contributed by atoms with E-state index < -0.39 is 152 Å². The number of aliphatic hydroxyl groups excluding tert-OH is 2. The largest absolute Gasteiger partial charge is 0.456 e. The van der Waals surface area contributed by atoms with E-state index in [4.69, 9.17) is 47.4 Å². The topological polar surface area (TPSA) is 300 Å². The number of aliphatic hydroxyl groups is 4. The van der Waals surface area contributed by atoms with Gasteiger partial charge in [0.1, 0.15) is 35.6 Å². The molecule has 4 bridgehead atoms. The summed E-state index contributed by atoms with van der Waals surface area (Å²) < 4.78 is 59.3. The van der Waals surface area contributed by atoms with Crippen LogP contribution in [0.3, 0.4) is 0 Å². The van der Waals surface area contributed by atoms with Gasteiger partial charge < -0.3 is 78.4 Å². The number of ketones is 2. The third kappa shape index (κ3) is 12.5. The summed E-state index contributed by atoms with van der Waals surface area (Å²) in [6, 6.07) is 14.8. The number of Topliss-reactive ketones (excluding diaryl/α,β-unsaturated/α-hetero) is 2. The van der Waals surface area contributed by atoms with Gasteiger partial charge in [-0.25, -0.2) is 19.2 Å². The van der Waals surface area contributed by atoms with Crippen LogP contribution in [-0.2, 0) is 66.5 Å². The molecule has 6 N–H and O–H groups in total. The van der Waals surface area contributed by atoms with Gasteiger partial charge in [-0.15, -0.1) is 0 Å².